The van der Waals surface area contributed by atoms with Crippen LogP contribution in [0.3, 0.4) is 0 Å². The summed E-state index contributed by atoms with van der Waals surface area (Å²) in [5, 5.41) is 10.5. The molecule has 0 radical (unpaired) electrons. The maximum atomic E-state index is 12.8. The molecule has 0 aliphatic rings. The van der Waals surface area contributed by atoms with Gasteiger partial charge >= 0.3 is 5.97 Å². The number of nitrogens with zero attached hydrogens (tertiary/aromatic N) is 2. The number of thioether (sulfide) groups is 1. The van der Waals surface area contributed by atoms with Crippen LogP contribution in [0.1, 0.15) is 38.8 Å². The Morgan fingerprint density at radius 1 is 1.21 bits per heavy atom. The van der Waals surface area contributed by atoms with Gasteiger partial charge in [-0.25, -0.2) is 4.79 Å². The molecular weight excluding hydrogens is 400 g/mol. The fraction of sp³-hybridized carbons (Fsp3) is 0.217. The van der Waals surface area contributed by atoms with Crippen molar-refractivity contribution in [2.24, 2.45) is 0 Å². The first-order valence-electron chi connectivity index (χ1n) is 9.36. The first-order chi connectivity index (χ1) is 14.0. The van der Waals surface area contributed by atoms with Gasteiger partial charge in [0.15, 0.2) is 0 Å². The summed E-state index contributed by atoms with van der Waals surface area (Å²) in [7, 11) is 0. The van der Waals surface area contributed by atoms with E-state index in [0.29, 0.717) is 22.4 Å². The minimum absolute atomic E-state index is 0.296. The summed E-state index contributed by atoms with van der Waals surface area (Å²) < 4.78 is 8.38. The summed E-state index contributed by atoms with van der Waals surface area (Å²) in [6.07, 6.45) is 1.97. The van der Waals surface area contributed by atoms with Crippen LogP contribution in [0, 0.1) is 25.2 Å². The fourth-order valence-corrected chi connectivity index (χ4v) is 5.71. The third-order valence-electron chi connectivity index (χ3n) is 4.78. The number of rotatable bonds is 5. The van der Waals surface area contributed by atoms with Crippen LogP contribution in [0.25, 0.3) is 16.4 Å². The van der Waals surface area contributed by atoms with Gasteiger partial charge in [-0.3, -0.25) is 0 Å². The van der Waals surface area contributed by atoms with Crippen molar-refractivity contribution in [1.82, 2.24) is 4.40 Å². The molecule has 3 heterocycles. The van der Waals surface area contributed by atoms with Crippen molar-refractivity contribution in [3.63, 3.8) is 0 Å². The van der Waals surface area contributed by atoms with Crippen molar-refractivity contribution in [2.75, 3.05) is 6.61 Å². The van der Waals surface area contributed by atoms with Gasteiger partial charge in [0.25, 0.3) is 0 Å². The molecular formula is C23H20N2O2S2. The molecule has 0 atom stereocenters. The Hall–Kier alpha value is -2.75. The van der Waals surface area contributed by atoms with E-state index >= 15 is 0 Å². The molecule has 0 aliphatic carbocycles. The molecule has 3 aromatic heterocycles. The lowest BCUT2D eigenvalue weighted by atomic mass is 10.1. The molecule has 4 aromatic rings. The lowest BCUT2D eigenvalue weighted by molar-refractivity contribution is 0.0531. The molecule has 0 aliphatic heterocycles. The Labute approximate surface area is 177 Å². The van der Waals surface area contributed by atoms with Gasteiger partial charge in [0.1, 0.15) is 10.9 Å². The number of pyridine rings is 1. The zero-order valence-electron chi connectivity index (χ0n) is 16.5. The van der Waals surface area contributed by atoms with Crippen LogP contribution in [-0.4, -0.2) is 17.0 Å². The van der Waals surface area contributed by atoms with Gasteiger partial charge in [-0.05, 0) is 44.0 Å². The minimum atomic E-state index is -0.380. The summed E-state index contributed by atoms with van der Waals surface area (Å²) in [5.74, 6) is 0.421. The third kappa shape index (κ3) is 3.52. The van der Waals surface area contributed by atoms with Crippen molar-refractivity contribution in [1.29, 1.82) is 5.26 Å². The van der Waals surface area contributed by atoms with Crippen LogP contribution in [0.5, 0.6) is 0 Å². The molecule has 1 aromatic carbocycles. The van der Waals surface area contributed by atoms with E-state index in [9.17, 15) is 10.1 Å². The number of benzene rings is 1. The summed E-state index contributed by atoms with van der Waals surface area (Å²) in [4.78, 5) is 13.3. The summed E-state index contributed by atoms with van der Waals surface area (Å²) in [5.41, 5.74) is 5.70. The Balaban J connectivity index is 1.89. The predicted molar refractivity (Wildman–Crippen MR) is 119 cm³/mol. The van der Waals surface area contributed by atoms with Crippen molar-refractivity contribution in [3.05, 3.63) is 69.7 Å². The summed E-state index contributed by atoms with van der Waals surface area (Å²) >= 11 is 3.14. The monoisotopic (exact) mass is 420 g/mol. The molecule has 0 saturated heterocycles. The van der Waals surface area contributed by atoms with Gasteiger partial charge in [0.2, 0.25) is 0 Å². The second kappa shape index (κ2) is 7.94. The standard InChI is InChI=1S/C23H20N2O2S2/c1-4-27-22(26)19-17-11-15(3)9-10-25(17)21-20(19)18(12-24)29-23(21)28-13-16-7-5-14(2)6-8-16/h5-11H,4,13H2,1-3H3. The number of fused-ring (bicyclic) bond motifs is 3. The van der Waals surface area contributed by atoms with E-state index < -0.39 is 0 Å². The molecule has 4 nitrogen and oxygen atoms in total. The number of aryl methyl sites for hydroxylation is 2. The number of hydrogen-bond donors (Lipinski definition) is 0. The number of carbonyl (C=O) groups is 1. The van der Waals surface area contributed by atoms with E-state index in [0.717, 1.165) is 26.6 Å². The van der Waals surface area contributed by atoms with Gasteiger partial charge in [-0.15, -0.1) is 23.1 Å². The number of carbonyl (C=O) groups excluding carboxylic acids is 1. The summed E-state index contributed by atoms with van der Waals surface area (Å²) in [6, 6.07) is 14.8. The van der Waals surface area contributed by atoms with Crippen LogP contribution < -0.4 is 0 Å². The Bertz CT molecular complexity index is 1260. The highest BCUT2D eigenvalue weighted by molar-refractivity contribution is 8.00. The quantitative estimate of drug-likeness (QED) is 0.289. The molecule has 146 valence electrons. The normalized spacial score (nSPS) is 11.1. The number of hydrogen-bond acceptors (Lipinski definition) is 5. The first-order valence-corrected chi connectivity index (χ1v) is 11.2. The smallest absolute Gasteiger partial charge is 0.341 e. The Kier molecular flexibility index (Phi) is 5.35. The van der Waals surface area contributed by atoms with Gasteiger partial charge in [0, 0.05) is 17.3 Å². The van der Waals surface area contributed by atoms with Crippen molar-refractivity contribution in [3.8, 4) is 6.07 Å². The number of nitriles is 1. The molecule has 0 bridgehead atoms. The van der Waals surface area contributed by atoms with Crippen LogP contribution >= 0.6 is 23.1 Å². The Morgan fingerprint density at radius 2 is 1.97 bits per heavy atom. The van der Waals surface area contributed by atoms with E-state index in [1.54, 1.807) is 18.7 Å². The highest BCUT2D eigenvalue weighted by Crippen LogP contribution is 2.43. The molecule has 6 heteroatoms. The molecule has 4 rings (SSSR count). The molecule has 0 N–H and O–H groups in total. The number of aromatic nitrogens is 1. The van der Waals surface area contributed by atoms with E-state index in [2.05, 4.69) is 37.3 Å². The van der Waals surface area contributed by atoms with Crippen LogP contribution in [-0.2, 0) is 10.5 Å². The topological polar surface area (TPSA) is 54.5 Å². The second-order valence-corrected chi connectivity index (χ2v) is 9.15. The second-order valence-electron chi connectivity index (χ2n) is 6.88. The maximum absolute atomic E-state index is 12.8. The van der Waals surface area contributed by atoms with E-state index in [1.807, 2.05) is 29.7 Å². The number of esters is 1. The zero-order chi connectivity index (χ0) is 20.5. The van der Waals surface area contributed by atoms with Crippen LogP contribution in [0.4, 0.5) is 0 Å². The van der Waals surface area contributed by atoms with Gasteiger partial charge in [-0.1, -0.05) is 29.8 Å². The van der Waals surface area contributed by atoms with Crippen LogP contribution in [0.15, 0.2) is 46.8 Å². The molecule has 0 unspecified atom stereocenters. The number of ether oxygens (including phenoxy) is 1. The van der Waals surface area contributed by atoms with E-state index in [4.69, 9.17) is 4.74 Å². The highest BCUT2D eigenvalue weighted by Gasteiger charge is 2.26. The van der Waals surface area contributed by atoms with Gasteiger partial charge in [-0.2, -0.15) is 5.26 Å². The maximum Gasteiger partial charge on any atom is 0.341 e. The lowest BCUT2D eigenvalue weighted by Gasteiger charge is -2.04. The molecule has 0 fully saturated rings. The zero-order valence-corrected chi connectivity index (χ0v) is 18.1. The first kappa shape index (κ1) is 19.6. The summed E-state index contributed by atoms with van der Waals surface area (Å²) in [6.45, 7) is 6.16. The average molecular weight is 421 g/mol. The van der Waals surface area contributed by atoms with Crippen molar-refractivity contribution in [2.45, 2.75) is 30.7 Å². The van der Waals surface area contributed by atoms with Crippen LogP contribution in [0.2, 0.25) is 0 Å². The van der Waals surface area contributed by atoms with Gasteiger partial charge in [0.05, 0.1) is 27.4 Å². The predicted octanol–water partition coefficient (Wildman–Crippen LogP) is 6.11. The average Bonchev–Trinajstić information content (AvgIpc) is 3.22. The fourth-order valence-electron chi connectivity index (χ4n) is 3.39. The molecule has 0 spiro atoms. The minimum Gasteiger partial charge on any atom is -0.462 e. The number of thiophene rings is 1. The lowest BCUT2D eigenvalue weighted by Crippen LogP contribution is -2.05. The largest absolute Gasteiger partial charge is 0.462 e. The van der Waals surface area contributed by atoms with Crippen molar-refractivity contribution < 1.29 is 9.53 Å². The van der Waals surface area contributed by atoms with Gasteiger partial charge < -0.3 is 9.14 Å². The SMILES string of the molecule is CCOC(=O)c1c2c(C#N)sc(SCc3ccc(C)cc3)c2n2ccc(C)cc12. The molecule has 0 amide bonds. The van der Waals surface area contributed by atoms with E-state index in [-0.39, 0.29) is 5.97 Å². The highest BCUT2D eigenvalue weighted by atomic mass is 32.2. The molecule has 0 saturated carbocycles. The molecule has 29 heavy (non-hydrogen) atoms. The third-order valence-corrected chi connectivity index (χ3v) is 7.20. The van der Waals surface area contributed by atoms with E-state index in [1.165, 1.54) is 22.5 Å². The van der Waals surface area contributed by atoms with Crippen molar-refractivity contribution >= 4 is 45.5 Å². The Morgan fingerprint density at radius 3 is 2.66 bits per heavy atom.